The van der Waals surface area contributed by atoms with Crippen LogP contribution in [0.1, 0.15) is 73.6 Å². The van der Waals surface area contributed by atoms with Crippen LogP contribution >= 0.6 is 0 Å². The third kappa shape index (κ3) is 7.62. The molecule has 0 saturated heterocycles. The highest BCUT2D eigenvalue weighted by molar-refractivity contribution is 5.79. The lowest BCUT2D eigenvalue weighted by Gasteiger charge is -2.32. The Morgan fingerprint density at radius 2 is 1.60 bits per heavy atom. The molecule has 0 fully saturated rings. The molecule has 0 saturated carbocycles. The minimum absolute atomic E-state index is 0.000593. The van der Waals surface area contributed by atoms with Crippen LogP contribution in [0.2, 0.25) is 0 Å². The highest BCUT2D eigenvalue weighted by Gasteiger charge is 2.30. The summed E-state index contributed by atoms with van der Waals surface area (Å²) in [4.78, 5) is 26.2. The van der Waals surface area contributed by atoms with E-state index >= 15 is 0 Å². The summed E-state index contributed by atoms with van der Waals surface area (Å²) in [6, 6.07) is 0. The molecule has 0 aliphatic carbocycles. The largest absolute Gasteiger partial charge is 0.462 e. The molecule has 144 valence electrons. The van der Waals surface area contributed by atoms with Crippen molar-refractivity contribution in [2.75, 3.05) is 7.05 Å². The highest BCUT2D eigenvalue weighted by Crippen LogP contribution is 2.31. The molecule has 0 bridgehead atoms. The monoisotopic (exact) mass is 351 g/mol. The Kier molecular flexibility index (Phi) is 8.17. The number of carbonyl (C=O) groups excluding carboxylic acids is 2. The van der Waals surface area contributed by atoms with Gasteiger partial charge >= 0.3 is 5.97 Å². The number of rotatable bonds is 0. The molecule has 0 radical (unpaired) electrons. The van der Waals surface area contributed by atoms with Gasteiger partial charge in [0.05, 0.1) is 6.42 Å². The van der Waals surface area contributed by atoms with Crippen molar-refractivity contribution in [1.82, 2.24) is 4.90 Å². The maximum absolute atomic E-state index is 12.4. The fourth-order valence-corrected chi connectivity index (χ4v) is 3.39. The average molecular weight is 352 g/mol. The van der Waals surface area contributed by atoms with Gasteiger partial charge in [-0.25, -0.2) is 0 Å². The van der Waals surface area contributed by atoms with Crippen molar-refractivity contribution in [2.24, 2.45) is 23.2 Å². The first-order valence-electron chi connectivity index (χ1n) is 9.63. The van der Waals surface area contributed by atoms with E-state index in [0.29, 0.717) is 11.8 Å². The molecular formula is C21H37NO3. The molecule has 25 heavy (non-hydrogen) atoms. The van der Waals surface area contributed by atoms with Gasteiger partial charge in [0.25, 0.3) is 0 Å². The van der Waals surface area contributed by atoms with Crippen LogP contribution in [0.25, 0.3) is 0 Å². The van der Waals surface area contributed by atoms with Crippen molar-refractivity contribution in [2.45, 2.75) is 79.8 Å². The standard InChI is InChI=1S/C21H37NO3/c1-15-10-11-16(2)14-18(21(4,5)6)25-19(23)9-8-12-22(7)20(24)17(3)13-15/h8,12,15-18H,9-11,13-14H2,1-7H3. The van der Waals surface area contributed by atoms with Gasteiger partial charge in [-0.3, -0.25) is 9.59 Å². The third-order valence-electron chi connectivity index (χ3n) is 5.15. The summed E-state index contributed by atoms with van der Waals surface area (Å²) in [7, 11) is 1.75. The number of amides is 1. The Balaban J connectivity index is 2.93. The fourth-order valence-electron chi connectivity index (χ4n) is 3.39. The SMILES string of the molecule is CC1CCC(C)CC(C(C)(C)C)OC(=O)CC=CN(C)C(=O)C(C)C1. The Morgan fingerprint density at radius 3 is 2.16 bits per heavy atom. The van der Waals surface area contributed by atoms with E-state index in [4.69, 9.17) is 4.74 Å². The van der Waals surface area contributed by atoms with Gasteiger partial charge in [-0.2, -0.15) is 0 Å². The molecule has 4 nitrogen and oxygen atoms in total. The van der Waals surface area contributed by atoms with Crippen LogP contribution in [0, 0.1) is 23.2 Å². The highest BCUT2D eigenvalue weighted by atomic mass is 16.5. The second-order valence-corrected chi connectivity index (χ2v) is 9.04. The van der Waals surface area contributed by atoms with Crippen molar-refractivity contribution >= 4 is 11.9 Å². The lowest BCUT2D eigenvalue weighted by atomic mass is 9.81. The summed E-state index contributed by atoms with van der Waals surface area (Å²) in [5, 5.41) is 0. The number of cyclic esters (lactones) is 1. The Labute approximate surface area is 154 Å². The first-order valence-corrected chi connectivity index (χ1v) is 9.63. The van der Waals surface area contributed by atoms with Crippen molar-refractivity contribution in [3.63, 3.8) is 0 Å². The van der Waals surface area contributed by atoms with Gasteiger partial charge in [-0.1, -0.05) is 60.5 Å². The first-order chi connectivity index (χ1) is 11.5. The molecule has 1 heterocycles. The molecule has 1 amide bonds. The number of hydrogen-bond donors (Lipinski definition) is 0. The first kappa shape index (κ1) is 21.7. The number of esters is 1. The van der Waals surface area contributed by atoms with Crippen molar-refractivity contribution in [3.05, 3.63) is 12.3 Å². The topological polar surface area (TPSA) is 46.6 Å². The van der Waals surface area contributed by atoms with E-state index in [1.165, 1.54) is 0 Å². The lowest BCUT2D eigenvalue weighted by molar-refractivity contribution is -0.155. The maximum Gasteiger partial charge on any atom is 0.309 e. The molecule has 4 atom stereocenters. The summed E-state index contributed by atoms with van der Waals surface area (Å²) in [5.41, 5.74) is -0.0749. The van der Waals surface area contributed by atoms with Gasteiger partial charge in [0.15, 0.2) is 0 Å². The molecule has 0 aromatic rings. The number of hydrogen-bond acceptors (Lipinski definition) is 3. The summed E-state index contributed by atoms with van der Waals surface area (Å²) < 4.78 is 5.78. The predicted molar refractivity (Wildman–Crippen MR) is 102 cm³/mol. The van der Waals surface area contributed by atoms with Crippen LogP contribution in [0.5, 0.6) is 0 Å². The van der Waals surface area contributed by atoms with Crippen LogP contribution in [-0.4, -0.2) is 29.9 Å². The molecule has 4 heteroatoms. The average Bonchev–Trinajstić information content (AvgIpc) is 2.49. The van der Waals surface area contributed by atoms with E-state index in [0.717, 1.165) is 25.7 Å². The second kappa shape index (κ2) is 9.40. The molecule has 1 aliphatic rings. The quantitative estimate of drug-likeness (QED) is 0.590. The van der Waals surface area contributed by atoms with Crippen LogP contribution in [-0.2, 0) is 14.3 Å². The molecule has 0 aromatic carbocycles. The predicted octanol–water partition coefficient (Wildman–Crippen LogP) is 4.79. The zero-order valence-corrected chi connectivity index (χ0v) is 17.2. The Morgan fingerprint density at radius 1 is 1.04 bits per heavy atom. The molecule has 4 unspecified atom stereocenters. The smallest absolute Gasteiger partial charge is 0.309 e. The fraction of sp³-hybridized carbons (Fsp3) is 0.810. The summed E-state index contributed by atoms with van der Waals surface area (Å²) >= 11 is 0. The third-order valence-corrected chi connectivity index (χ3v) is 5.15. The van der Waals surface area contributed by atoms with E-state index in [9.17, 15) is 9.59 Å². The van der Waals surface area contributed by atoms with E-state index in [2.05, 4.69) is 34.6 Å². The van der Waals surface area contributed by atoms with Gasteiger partial charge in [-0.05, 0) is 30.1 Å². The van der Waals surface area contributed by atoms with Gasteiger partial charge in [0.2, 0.25) is 5.91 Å². The molecule has 0 N–H and O–H groups in total. The molecular weight excluding hydrogens is 314 g/mol. The maximum atomic E-state index is 12.4. The minimum atomic E-state index is -0.222. The Bertz CT molecular complexity index is 478. The summed E-state index contributed by atoms with van der Waals surface area (Å²) in [5.74, 6) is 0.889. The summed E-state index contributed by atoms with van der Waals surface area (Å²) in [6.07, 6.45) is 7.52. The van der Waals surface area contributed by atoms with Gasteiger partial charge < -0.3 is 9.64 Å². The lowest BCUT2D eigenvalue weighted by Crippen LogP contribution is -2.33. The normalized spacial score (nSPS) is 31.2. The van der Waals surface area contributed by atoms with Crippen molar-refractivity contribution in [3.8, 4) is 0 Å². The Hall–Kier alpha value is -1.32. The zero-order valence-electron chi connectivity index (χ0n) is 17.2. The molecule has 1 aliphatic heterocycles. The molecule has 0 spiro atoms. The van der Waals surface area contributed by atoms with E-state index in [-0.39, 0.29) is 35.7 Å². The summed E-state index contributed by atoms with van der Waals surface area (Å²) in [6.45, 7) is 12.8. The van der Waals surface area contributed by atoms with E-state index in [1.807, 2.05) is 6.92 Å². The van der Waals surface area contributed by atoms with Crippen LogP contribution in [0.3, 0.4) is 0 Å². The van der Waals surface area contributed by atoms with Crippen LogP contribution in [0.4, 0.5) is 0 Å². The van der Waals surface area contributed by atoms with Crippen LogP contribution in [0.15, 0.2) is 12.3 Å². The van der Waals surface area contributed by atoms with Gasteiger partial charge in [0.1, 0.15) is 6.10 Å². The van der Waals surface area contributed by atoms with E-state index < -0.39 is 0 Å². The molecule has 1 rings (SSSR count). The van der Waals surface area contributed by atoms with Crippen molar-refractivity contribution < 1.29 is 14.3 Å². The van der Waals surface area contributed by atoms with Gasteiger partial charge in [-0.15, -0.1) is 0 Å². The zero-order chi connectivity index (χ0) is 19.2. The van der Waals surface area contributed by atoms with Gasteiger partial charge in [0, 0.05) is 19.2 Å². The number of ether oxygens (including phenoxy) is 1. The van der Waals surface area contributed by atoms with E-state index in [1.54, 1.807) is 24.2 Å². The van der Waals surface area contributed by atoms with Crippen molar-refractivity contribution in [1.29, 1.82) is 0 Å². The number of carbonyl (C=O) groups is 2. The number of nitrogens with zero attached hydrogens (tertiary/aromatic N) is 1. The van der Waals surface area contributed by atoms with Crippen LogP contribution < -0.4 is 0 Å². The minimum Gasteiger partial charge on any atom is -0.462 e. The second-order valence-electron chi connectivity index (χ2n) is 9.04. The molecule has 0 aromatic heterocycles.